The molecule has 0 aliphatic heterocycles. The minimum atomic E-state index is 0.598. The number of nitrogens with two attached hydrogens (primary N) is 1. The van der Waals surface area contributed by atoms with Crippen LogP contribution in [0.1, 0.15) is 11.4 Å². The molecule has 0 aromatic carbocycles. The molecule has 0 bridgehead atoms. The second-order valence-electron chi connectivity index (χ2n) is 4.40. The molecule has 0 atom stereocenters. The fourth-order valence-corrected chi connectivity index (χ4v) is 2.88. The van der Waals surface area contributed by atoms with E-state index in [4.69, 9.17) is 5.73 Å². The third-order valence-corrected chi connectivity index (χ3v) is 3.81. The van der Waals surface area contributed by atoms with E-state index in [0.717, 1.165) is 28.3 Å². The Morgan fingerprint density at radius 2 is 2.16 bits per heavy atom. The Labute approximate surface area is 115 Å². The molecule has 0 spiro atoms. The Morgan fingerprint density at radius 3 is 2.79 bits per heavy atom. The molecule has 3 heterocycles. The van der Waals surface area contributed by atoms with Crippen molar-refractivity contribution < 1.29 is 0 Å². The lowest BCUT2D eigenvalue weighted by Crippen LogP contribution is -1.99. The molecule has 0 aliphatic rings. The summed E-state index contributed by atoms with van der Waals surface area (Å²) in [7, 11) is 0. The fraction of sp³-hybridized carbons (Fsp3) is 0.143. The molecule has 0 amide bonds. The lowest BCUT2D eigenvalue weighted by Gasteiger charge is -2.08. The number of pyridine rings is 1. The van der Waals surface area contributed by atoms with E-state index in [0.29, 0.717) is 5.13 Å². The number of aryl methyl sites for hydroxylation is 1. The number of rotatable bonds is 2. The zero-order valence-corrected chi connectivity index (χ0v) is 11.6. The molecule has 5 heteroatoms. The van der Waals surface area contributed by atoms with Crippen LogP contribution in [0.2, 0.25) is 0 Å². The highest BCUT2D eigenvalue weighted by atomic mass is 32.1. The lowest BCUT2D eigenvalue weighted by atomic mass is 10.2. The van der Waals surface area contributed by atoms with Crippen LogP contribution in [0.15, 0.2) is 36.0 Å². The summed E-state index contributed by atoms with van der Waals surface area (Å²) in [4.78, 5) is 8.53. The maximum atomic E-state index is 5.71. The standard InChI is InChI=1S/C14H14N4S/c1-9-6-12(13-8-19-14(15)17-13)10(2)18(9)11-4-3-5-16-7-11/h3-8H,1-2H3,(H2,15,17). The molecule has 2 N–H and O–H groups in total. The molecule has 0 saturated heterocycles. The highest BCUT2D eigenvalue weighted by molar-refractivity contribution is 7.13. The molecule has 0 aliphatic carbocycles. The van der Waals surface area contributed by atoms with E-state index < -0.39 is 0 Å². The number of hydrogen-bond donors (Lipinski definition) is 1. The van der Waals surface area contributed by atoms with E-state index in [-0.39, 0.29) is 0 Å². The Bertz CT molecular complexity index is 712. The SMILES string of the molecule is Cc1cc(-c2csc(N)n2)c(C)n1-c1cccnc1. The van der Waals surface area contributed by atoms with Gasteiger partial charge in [-0.25, -0.2) is 4.98 Å². The number of anilines is 1. The Balaban J connectivity index is 2.16. The van der Waals surface area contributed by atoms with Crippen LogP contribution in [0, 0.1) is 13.8 Å². The van der Waals surface area contributed by atoms with Crippen LogP contribution in [0.5, 0.6) is 0 Å². The molecule has 3 aromatic rings. The second-order valence-corrected chi connectivity index (χ2v) is 5.29. The van der Waals surface area contributed by atoms with Crippen molar-refractivity contribution >= 4 is 16.5 Å². The second kappa shape index (κ2) is 4.51. The average molecular weight is 270 g/mol. The third kappa shape index (κ3) is 2.02. The maximum absolute atomic E-state index is 5.71. The zero-order valence-electron chi connectivity index (χ0n) is 10.8. The van der Waals surface area contributed by atoms with Crippen molar-refractivity contribution in [1.29, 1.82) is 0 Å². The van der Waals surface area contributed by atoms with Crippen molar-refractivity contribution in [3.63, 3.8) is 0 Å². The van der Waals surface area contributed by atoms with E-state index in [2.05, 4.69) is 34.4 Å². The Morgan fingerprint density at radius 1 is 1.32 bits per heavy atom. The molecule has 0 unspecified atom stereocenters. The van der Waals surface area contributed by atoms with Gasteiger partial charge >= 0.3 is 0 Å². The molecule has 0 fully saturated rings. The summed E-state index contributed by atoms with van der Waals surface area (Å²) < 4.78 is 2.18. The van der Waals surface area contributed by atoms with Crippen molar-refractivity contribution in [3.8, 4) is 16.9 Å². The molecule has 0 saturated carbocycles. The number of aromatic nitrogens is 3. The first-order valence-electron chi connectivity index (χ1n) is 5.97. The van der Waals surface area contributed by atoms with Crippen LogP contribution in [-0.4, -0.2) is 14.5 Å². The number of nitrogens with zero attached hydrogens (tertiary/aromatic N) is 3. The summed E-state index contributed by atoms with van der Waals surface area (Å²) in [6.45, 7) is 4.17. The smallest absolute Gasteiger partial charge is 0.180 e. The van der Waals surface area contributed by atoms with Gasteiger partial charge in [-0.15, -0.1) is 11.3 Å². The van der Waals surface area contributed by atoms with Crippen molar-refractivity contribution in [1.82, 2.24) is 14.5 Å². The summed E-state index contributed by atoms with van der Waals surface area (Å²) in [5.41, 5.74) is 11.1. The van der Waals surface area contributed by atoms with Crippen LogP contribution in [0.3, 0.4) is 0 Å². The average Bonchev–Trinajstić information content (AvgIpc) is 2.95. The van der Waals surface area contributed by atoms with Crippen LogP contribution in [0.25, 0.3) is 16.9 Å². The van der Waals surface area contributed by atoms with Crippen LogP contribution < -0.4 is 5.73 Å². The molecular formula is C14H14N4S. The maximum Gasteiger partial charge on any atom is 0.180 e. The summed E-state index contributed by atoms with van der Waals surface area (Å²) in [5, 5.41) is 2.59. The fourth-order valence-electron chi connectivity index (χ4n) is 2.32. The van der Waals surface area contributed by atoms with Gasteiger partial charge in [0.05, 0.1) is 17.6 Å². The number of nitrogen functional groups attached to an aromatic ring is 1. The van der Waals surface area contributed by atoms with E-state index in [1.807, 2.05) is 23.7 Å². The van der Waals surface area contributed by atoms with Gasteiger partial charge in [-0.05, 0) is 32.0 Å². The van der Waals surface area contributed by atoms with Gasteiger partial charge in [0.2, 0.25) is 0 Å². The molecule has 19 heavy (non-hydrogen) atoms. The van der Waals surface area contributed by atoms with Gasteiger partial charge in [-0.2, -0.15) is 0 Å². The van der Waals surface area contributed by atoms with Crippen LogP contribution >= 0.6 is 11.3 Å². The minimum absolute atomic E-state index is 0.598. The predicted octanol–water partition coefficient (Wildman–Crippen LogP) is 3.19. The van der Waals surface area contributed by atoms with Gasteiger partial charge in [0.1, 0.15) is 0 Å². The highest BCUT2D eigenvalue weighted by Gasteiger charge is 2.14. The normalized spacial score (nSPS) is 10.8. The number of hydrogen-bond acceptors (Lipinski definition) is 4. The Kier molecular flexibility index (Phi) is 2.83. The van der Waals surface area contributed by atoms with Gasteiger partial charge in [-0.1, -0.05) is 0 Å². The first kappa shape index (κ1) is 11.9. The quantitative estimate of drug-likeness (QED) is 0.778. The monoisotopic (exact) mass is 270 g/mol. The first-order valence-corrected chi connectivity index (χ1v) is 6.85. The largest absolute Gasteiger partial charge is 0.375 e. The molecule has 3 rings (SSSR count). The molecule has 96 valence electrons. The van der Waals surface area contributed by atoms with Gasteiger partial charge in [0.15, 0.2) is 5.13 Å². The van der Waals surface area contributed by atoms with Gasteiger partial charge in [0, 0.05) is 28.5 Å². The third-order valence-electron chi connectivity index (χ3n) is 3.13. The van der Waals surface area contributed by atoms with Crippen LogP contribution in [-0.2, 0) is 0 Å². The Hall–Kier alpha value is -2.14. The topological polar surface area (TPSA) is 56.7 Å². The predicted molar refractivity (Wildman–Crippen MR) is 78.6 cm³/mol. The highest BCUT2D eigenvalue weighted by Crippen LogP contribution is 2.30. The van der Waals surface area contributed by atoms with Gasteiger partial charge in [-0.3, -0.25) is 4.98 Å². The molecule has 3 aromatic heterocycles. The minimum Gasteiger partial charge on any atom is -0.375 e. The summed E-state index contributed by atoms with van der Waals surface area (Å²) >= 11 is 1.46. The zero-order chi connectivity index (χ0) is 13.4. The first-order chi connectivity index (χ1) is 9.16. The summed E-state index contributed by atoms with van der Waals surface area (Å²) in [6, 6.07) is 6.12. The summed E-state index contributed by atoms with van der Waals surface area (Å²) in [5.74, 6) is 0. The molecule has 4 nitrogen and oxygen atoms in total. The van der Waals surface area contributed by atoms with Gasteiger partial charge < -0.3 is 10.3 Å². The van der Waals surface area contributed by atoms with Crippen molar-refractivity contribution in [3.05, 3.63) is 47.4 Å². The lowest BCUT2D eigenvalue weighted by molar-refractivity contribution is 0.956. The van der Waals surface area contributed by atoms with E-state index in [1.54, 1.807) is 6.20 Å². The number of thiazole rings is 1. The molecule has 0 radical (unpaired) electrons. The van der Waals surface area contributed by atoms with Crippen LogP contribution in [0.4, 0.5) is 5.13 Å². The van der Waals surface area contributed by atoms with Crippen molar-refractivity contribution in [2.45, 2.75) is 13.8 Å². The van der Waals surface area contributed by atoms with Crippen molar-refractivity contribution in [2.24, 2.45) is 0 Å². The van der Waals surface area contributed by atoms with E-state index in [9.17, 15) is 0 Å². The van der Waals surface area contributed by atoms with Gasteiger partial charge in [0.25, 0.3) is 0 Å². The summed E-state index contributed by atoms with van der Waals surface area (Å²) in [6.07, 6.45) is 3.64. The van der Waals surface area contributed by atoms with E-state index in [1.165, 1.54) is 11.3 Å². The molecular weight excluding hydrogens is 256 g/mol. The van der Waals surface area contributed by atoms with Crippen molar-refractivity contribution in [2.75, 3.05) is 5.73 Å². The van der Waals surface area contributed by atoms with E-state index >= 15 is 0 Å².